The highest BCUT2D eigenvalue weighted by Crippen LogP contribution is 2.21. The van der Waals surface area contributed by atoms with Crippen LogP contribution in [-0.2, 0) is 4.74 Å². The number of benzene rings is 1. The molecule has 1 aliphatic heterocycles. The van der Waals surface area contributed by atoms with Crippen LogP contribution in [0.3, 0.4) is 0 Å². The highest BCUT2D eigenvalue weighted by atomic mass is 127. The van der Waals surface area contributed by atoms with E-state index in [0.717, 1.165) is 3.57 Å². The summed E-state index contributed by atoms with van der Waals surface area (Å²) in [4.78, 5) is 14.1. The fourth-order valence-electron chi connectivity index (χ4n) is 1.86. The molecule has 4 nitrogen and oxygen atoms in total. The van der Waals surface area contributed by atoms with Gasteiger partial charge in [-0.05, 0) is 40.8 Å². The van der Waals surface area contributed by atoms with E-state index in [9.17, 15) is 4.79 Å². The van der Waals surface area contributed by atoms with Gasteiger partial charge in [-0.25, -0.2) is 0 Å². The van der Waals surface area contributed by atoms with Crippen LogP contribution >= 0.6 is 34.2 Å². The Balaban J connectivity index is 2.12. The van der Waals surface area contributed by atoms with Crippen LogP contribution in [0.15, 0.2) is 18.2 Å². The first-order chi connectivity index (χ1) is 8.61. The van der Waals surface area contributed by atoms with Gasteiger partial charge in [0.1, 0.15) is 0 Å². The minimum absolute atomic E-state index is 0.0185. The summed E-state index contributed by atoms with van der Waals surface area (Å²) in [7, 11) is 0. The lowest BCUT2D eigenvalue weighted by atomic mass is 10.1. The fourth-order valence-corrected chi connectivity index (χ4v) is 2.37. The molecule has 1 amide bonds. The third-order valence-corrected chi connectivity index (χ3v) is 4.43. The molecule has 18 heavy (non-hydrogen) atoms. The molecule has 1 aromatic rings. The van der Waals surface area contributed by atoms with Gasteiger partial charge in [-0.15, -0.1) is 0 Å². The second-order valence-electron chi connectivity index (χ2n) is 4.11. The molecule has 0 aliphatic carbocycles. The second-order valence-corrected chi connectivity index (χ2v) is 5.68. The van der Waals surface area contributed by atoms with Crippen molar-refractivity contribution in [1.29, 1.82) is 0 Å². The van der Waals surface area contributed by atoms with Gasteiger partial charge in [0.15, 0.2) is 0 Å². The van der Waals surface area contributed by atoms with Gasteiger partial charge in [-0.1, -0.05) is 11.6 Å². The lowest BCUT2D eigenvalue weighted by Gasteiger charge is -2.32. The van der Waals surface area contributed by atoms with E-state index in [0.29, 0.717) is 36.8 Å². The van der Waals surface area contributed by atoms with Crippen LogP contribution in [0.4, 0.5) is 0 Å². The van der Waals surface area contributed by atoms with Crippen molar-refractivity contribution in [1.82, 2.24) is 4.90 Å². The smallest absolute Gasteiger partial charge is 0.254 e. The number of nitrogens with zero attached hydrogens (tertiary/aromatic N) is 1. The zero-order valence-electron chi connectivity index (χ0n) is 9.73. The summed E-state index contributed by atoms with van der Waals surface area (Å²) < 4.78 is 6.38. The molecule has 0 radical (unpaired) electrons. The number of carbonyl (C=O) groups excluding carboxylic acids is 1. The van der Waals surface area contributed by atoms with E-state index >= 15 is 0 Å². The van der Waals surface area contributed by atoms with Crippen LogP contribution < -0.4 is 5.73 Å². The van der Waals surface area contributed by atoms with Crippen molar-refractivity contribution in [3.05, 3.63) is 32.4 Å². The van der Waals surface area contributed by atoms with Crippen molar-refractivity contribution in [2.24, 2.45) is 5.73 Å². The standard InChI is InChI=1S/C12H14ClIN2O2/c13-10-5-8(1-2-11(10)14)12(17)16-3-4-18-9(6-15)7-16/h1-2,5,9H,3-4,6-7,15H2. The van der Waals surface area contributed by atoms with E-state index < -0.39 is 0 Å². The maximum atomic E-state index is 12.3. The molecule has 6 heteroatoms. The summed E-state index contributed by atoms with van der Waals surface area (Å²) in [6.07, 6.45) is -0.0676. The predicted octanol–water partition coefficient (Wildman–Crippen LogP) is 1.74. The summed E-state index contributed by atoms with van der Waals surface area (Å²) in [6.45, 7) is 2.10. The Kier molecular flexibility index (Phi) is 4.83. The van der Waals surface area contributed by atoms with Crippen molar-refractivity contribution in [2.45, 2.75) is 6.10 Å². The number of rotatable bonds is 2. The monoisotopic (exact) mass is 380 g/mol. The molecule has 1 saturated heterocycles. The molecule has 2 N–H and O–H groups in total. The molecule has 0 aromatic heterocycles. The average Bonchev–Trinajstić information content (AvgIpc) is 2.41. The molecule has 2 rings (SSSR count). The number of ether oxygens (including phenoxy) is 1. The van der Waals surface area contributed by atoms with E-state index in [2.05, 4.69) is 22.6 Å². The molecular weight excluding hydrogens is 367 g/mol. The largest absolute Gasteiger partial charge is 0.373 e. The maximum Gasteiger partial charge on any atom is 0.254 e. The summed E-state index contributed by atoms with van der Waals surface area (Å²) in [5.74, 6) is -0.0185. The molecule has 98 valence electrons. The zero-order chi connectivity index (χ0) is 13.1. The van der Waals surface area contributed by atoms with Gasteiger partial charge >= 0.3 is 0 Å². The molecule has 1 atom stereocenters. The number of morpholine rings is 1. The molecule has 1 aromatic carbocycles. The predicted molar refractivity (Wildman–Crippen MR) is 78.9 cm³/mol. The molecule has 1 aliphatic rings. The Hall–Kier alpha value is -0.370. The van der Waals surface area contributed by atoms with Crippen LogP contribution in [-0.4, -0.2) is 43.2 Å². The lowest BCUT2D eigenvalue weighted by Crippen LogP contribution is -2.48. The van der Waals surface area contributed by atoms with Crippen molar-refractivity contribution in [3.63, 3.8) is 0 Å². The number of halogens is 2. The quantitative estimate of drug-likeness (QED) is 0.795. The van der Waals surface area contributed by atoms with Crippen LogP contribution in [0.2, 0.25) is 5.02 Å². The number of amides is 1. The maximum absolute atomic E-state index is 12.3. The summed E-state index contributed by atoms with van der Waals surface area (Å²) in [5, 5.41) is 0.602. The minimum atomic E-state index is -0.0676. The topological polar surface area (TPSA) is 55.6 Å². The zero-order valence-corrected chi connectivity index (χ0v) is 12.6. The van der Waals surface area contributed by atoms with Crippen LogP contribution in [0, 0.1) is 3.57 Å². The molecule has 0 spiro atoms. The van der Waals surface area contributed by atoms with Crippen LogP contribution in [0.25, 0.3) is 0 Å². The van der Waals surface area contributed by atoms with E-state index in [1.807, 2.05) is 6.07 Å². The Labute approximate surface area is 125 Å². The summed E-state index contributed by atoms with van der Waals surface area (Å²) >= 11 is 8.16. The number of nitrogens with two attached hydrogens (primary N) is 1. The highest BCUT2D eigenvalue weighted by molar-refractivity contribution is 14.1. The van der Waals surface area contributed by atoms with E-state index in [-0.39, 0.29) is 12.0 Å². The Morgan fingerprint density at radius 1 is 1.61 bits per heavy atom. The molecule has 1 fully saturated rings. The number of hydrogen-bond donors (Lipinski definition) is 1. The van der Waals surface area contributed by atoms with Gasteiger partial charge in [0.25, 0.3) is 5.91 Å². The highest BCUT2D eigenvalue weighted by Gasteiger charge is 2.24. The molecule has 1 unspecified atom stereocenters. The average molecular weight is 381 g/mol. The van der Waals surface area contributed by atoms with Gasteiger partial charge < -0.3 is 15.4 Å². The molecular formula is C12H14ClIN2O2. The lowest BCUT2D eigenvalue weighted by molar-refractivity contribution is -0.0167. The first-order valence-corrected chi connectivity index (χ1v) is 7.13. The van der Waals surface area contributed by atoms with E-state index in [4.69, 9.17) is 22.1 Å². The van der Waals surface area contributed by atoms with Gasteiger partial charge in [0.2, 0.25) is 0 Å². The first-order valence-electron chi connectivity index (χ1n) is 5.68. The van der Waals surface area contributed by atoms with Crippen molar-refractivity contribution >= 4 is 40.1 Å². The summed E-state index contributed by atoms with van der Waals surface area (Å²) in [5.41, 5.74) is 6.17. The van der Waals surface area contributed by atoms with Crippen LogP contribution in [0.1, 0.15) is 10.4 Å². The van der Waals surface area contributed by atoms with E-state index in [1.54, 1.807) is 17.0 Å². The van der Waals surface area contributed by atoms with E-state index in [1.165, 1.54) is 0 Å². The first kappa shape index (κ1) is 14.0. The normalized spacial score (nSPS) is 19.9. The molecule has 0 bridgehead atoms. The van der Waals surface area contributed by atoms with Gasteiger partial charge in [0, 0.05) is 28.8 Å². The van der Waals surface area contributed by atoms with Crippen molar-refractivity contribution < 1.29 is 9.53 Å². The van der Waals surface area contributed by atoms with Gasteiger partial charge in [0.05, 0.1) is 17.7 Å². The Morgan fingerprint density at radius 2 is 2.39 bits per heavy atom. The van der Waals surface area contributed by atoms with Gasteiger partial charge in [-0.3, -0.25) is 4.79 Å². The molecule has 0 saturated carbocycles. The van der Waals surface area contributed by atoms with Crippen molar-refractivity contribution in [3.8, 4) is 0 Å². The molecule has 1 heterocycles. The minimum Gasteiger partial charge on any atom is -0.373 e. The third-order valence-electron chi connectivity index (χ3n) is 2.86. The van der Waals surface area contributed by atoms with Crippen LogP contribution in [0.5, 0.6) is 0 Å². The summed E-state index contributed by atoms with van der Waals surface area (Å²) in [6, 6.07) is 5.35. The van der Waals surface area contributed by atoms with Gasteiger partial charge in [-0.2, -0.15) is 0 Å². The Bertz CT molecular complexity index is 456. The third kappa shape index (κ3) is 3.14. The van der Waals surface area contributed by atoms with Crippen molar-refractivity contribution in [2.75, 3.05) is 26.2 Å². The number of carbonyl (C=O) groups is 1. The Morgan fingerprint density at radius 3 is 3.06 bits per heavy atom. The fraction of sp³-hybridized carbons (Fsp3) is 0.417. The number of hydrogen-bond acceptors (Lipinski definition) is 3. The second kappa shape index (κ2) is 6.18. The SMILES string of the molecule is NCC1CN(C(=O)c2ccc(I)c(Cl)c2)CCO1.